The number of amides is 1. The second-order valence-corrected chi connectivity index (χ2v) is 13.3. The van der Waals surface area contributed by atoms with Gasteiger partial charge in [-0.1, -0.05) is 146 Å². The minimum Gasteiger partial charge on any atom is -0.346 e. The molecule has 0 spiro atoms. The van der Waals surface area contributed by atoms with Crippen LogP contribution in [0.5, 0.6) is 0 Å². The SMILES string of the molecule is CCCCC/C=C\C/C=C\CCCCCCCCN(CCCCCCCC/C=C\C/C=C\CCCCC)OC(CC)C(=O)N(C)C. The second-order valence-electron chi connectivity index (χ2n) is 13.3. The van der Waals surface area contributed by atoms with Gasteiger partial charge in [-0.05, 0) is 83.5 Å². The summed E-state index contributed by atoms with van der Waals surface area (Å²) in [5.41, 5.74) is 0. The molecule has 0 aromatic carbocycles. The fourth-order valence-corrected chi connectivity index (χ4v) is 5.53. The van der Waals surface area contributed by atoms with Crippen molar-refractivity contribution >= 4 is 5.91 Å². The van der Waals surface area contributed by atoms with Gasteiger partial charge in [0.2, 0.25) is 0 Å². The monoisotopic (exact) mass is 643 g/mol. The molecule has 0 radical (unpaired) electrons. The molecule has 46 heavy (non-hydrogen) atoms. The first-order valence-electron chi connectivity index (χ1n) is 19.8. The number of hydrogen-bond donors (Lipinski definition) is 0. The van der Waals surface area contributed by atoms with E-state index in [1.54, 1.807) is 4.90 Å². The molecule has 1 amide bonds. The van der Waals surface area contributed by atoms with E-state index in [0.29, 0.717) is 6.42 Å². The first-order chi connectivity index (χ1) is 22.6. The smallest absolute Gasteiger partial charge is 0.253 e. The maximum absolute atomic E-state index is 12.6. The third kappa shape index (κ3) is 31.0. The number of nitrogens with zero attached hydrogens (tertiary/aromatic N) is 2. The van der Waals surface area contributed by atoms with Crippen LogP contribution in [0.4, 0.5) is 0 Å². The van der Waals surface area contributed by atoms with Crippen molar-refractivity contribution in [2.75, 3.05) is 27.2 Å². The van der Waals surface area contributed by atoms with Crippen molar-refractivity contribution < 1.29 is 9.63 Å². The van der Waals surface area contributed by atoms with E-state index in [1.807, 2.05) is 21.0 Å². The standard InChI is InChI=1S/C42H78N2O2/c1-6-9-11-13-15-17-19-21-23-25-27-29-31-33-35-37-39-44(46-41(8-3)42(45)43(4)5)40-38-36-34-32-30-28-26-24-22-20-18-16-14-12-10-7-2/h15-18,21-24,41H,6-14,19-20,25-40H2,1-5H3/b17-15-,18-16-,23-21-,24-22-. The highest BCUT2D eigenvalue weighted by molar-refractivity contribution is 5.80. The van der Waals surface area contributed by atoms with Gasteiger partial charge in [0, 0.05) is 27.2 Å². The summed E-state index contributed by atoms with van der Waals surface area (Å²) < 4.78 is 0. The van der Waals surface area contributed by atoms with E-state index in [9.17, 15) is 4.79 Å². The summed E-state index contributed by atoms with van der Waals surface area (Å²) in [7, 11) is 3.65. The zero-order valence-electron chi connectivity index (χ0n) is 31.5. The molecule has 0 aromatic heterocycles. The number of carbonyl (C=O) groups excluding carboxylic acids is 1. The molecular weight excluding hydrogens is 564 g/mol. The lowest BCUT2D eigenvalue weighted by molar-refractivity contribution is -0.206. The quantitative estimate of drug-likeness (QED) is 0.0398. The van der Waals surface area contributed by atoms with Gasteiger partial charge in [0.15, 0.2) is 6.10 Å². The summed E-state index contributed by atoms with van der Waals surface area (Å²) in [6.07, 6.45) is 49.2. The van der Waals surface area contributed by atoms with Crippen LogP contribution in [0.25, 0.3) is 0 Å². The van der Waals surface area contributed by atoms with Gasteiger partial charge in [0.1, 0.15) is 0 Å². The van der Waals surface area contributed by atoms with Crippen LogP contribution in [0.2, 0.25) is 0 Å². The van der Waals surface area contributed by atoms with E-state index in [1.165, 1.54) is 128 Å². The van der Waals surface area contributed by atoms with Gasteiger partial charge >= 0.3 is 0 Å². The summed E-state index contributed by atoms with van der Waals surface area (Å²) in [6, 6.07) is 0. The minimum absolute atomic E-state index is 0.0709. The van der Waals surface area contributed by atoms with E-state index in [4.69, 9.17) is 4.84 Å². The average molecular weight is 643 g/mol. The molecule has 0 saturated carbocycles. The van der Waals surface area contributed by atoms with E-state index in [0.717, 1.165) is 38.8 Å². The van der Waals surface area contributed by atoms with Crippen LogP contribution in [0, 0.1) is 0 Å². The second kappa shape index (κ2) is 36.2. The Balaban J connectivity index is 4.11. The van der Waals surface area contributed by atoms with Crippen molar-refractivity contribution in [3.8, 4) is 0 Å². The first-order valence-corrected chi connectivity index (χ1v) is 19.8. The Hall–Kier alpha value is -1.65. The molecule has 1 atom stereocenters. The lowest BCUT2D eigenvalue weighted by atomic mass is 10.1. The van der Waals surface area contributed by atoms with E-state index in [-0.39, 0.29) is 12.0 Å². The predicted octanol–water partition coefficient (Wildman–Crippen LogP) is 12.7. The number of allylic oxidation sites excluding steroid dienone is 8. The molecule has 268 valence electrons. The Labute approximate surface area is 288 Å². The molecule has 0 heterocycles. The van der Waals surface area contributed by atoms with Crippen LogP contribution in [-0.2, 0) is 9.63 Å². The van der Waals surface area contributed by atoms with E-state index >= 15 is 0 Å². The molecule has 0 N–H and O–H groups in total. The van der Waals surface area contributed by atoms with Gasteiger partial charge in [-0.2, -0.15) is 5.06 Å². The molecule has 0 aliphatic heterocycles. The van der Waals surface area contributed by atoms with Crippen molar-refractivity contribution in [1.82, 2.24) is 9.96 Å². The molecule has 0 rings (SSSR count). The molecule has 0 aliphatic rings. The topological polar surface area (TPSA) is 32.8 Å². The van der Waals surface area contributed by atoms with Crippen LogP contribution < -0.4 is 0 Å². The maximum Gasteiger partial charge on any atom is 0.253 e. The minimum atomic E-state index is -0.371. The summed E-state index contributed by atoms with van der Waals surface area (Å²) >= 11 is 0. The highest BCUT2D eigenvalue weighted by atomic mass is 16.7. The van der Waals surface area contributed by atoms with E-state index in [2.05, 4.69) is 67.5 Å². The molecule has 0 bridgehead atoms. The molecule has 0 saturated heterocycles. The Kier molecular flexibility index (Phi) is 34.9. The lowest BCUT2D eigenvalue weighted by Crippen LogP contribution is -2.41. The van der Waals surface area contributed by atoms with Crippen molar-refractivity contribution in [2.45, 2.75) is 187 Å². The molecule has 0 fully saturated rings. The molecule has 0 aliphatic carbocycles. The van der Waals surface area contributed by atoms with Gasteiger partial charge in [0.05, 0.1) is 0 Å². The zero-order valence-corrected chi connectivity index (χ0v) is 31.5. The largest absolute Gasteiger partial charge is 0.346 e. The normalized spacial score (nSPS) is 13.0. The van der Waals surface area contributed by atoms with Crippen molar-refractivity contribution in [3.05, 3.63) is 48.6 Å². The van der Waals surface area contributed by atoms with Gasteiger partial charge in [-0.15, -0.1) is 0 Å². The number of carbonyl (C=O) groups is 1. The average Bonchev–Trinajstić information content (AvgIpc) is 3.05. The fourth-order valence-electron chi connectivity index (χ4n) is 5.53. The van der Waals surface area contributed by atoms with Gasteiger partial charge in [0.25, 0.3) is 5.91 Å². The summed E-state index contributed by atoms with van der Waals surface area (Å²) in [5, 5.41) is 2.11. The number of hydrogen-bond acceptors (Lipinski definition) is 3. The summed E-state index contributed by atoms with van der Waals surface area (Å²) in [4.78, 5) is 20.6. The first kappa shape index (κ1) is 44.4. The van der Waals surface area contributed by atoms with Crippen LogP contribution in [0.15, 0.2) is 48.6 Å². The molecule has 1 unspecified atom stereocenters. The highest BCUT2D eigenvalue weighted by Gasteiger charge is 2.22. The maximum atomic E-state index is 12.6. The summed E-state index contributed by atoms with van der Waals surface area (Å²) in [6.45, 7) is 8.41. The Bertz CT molecular complexity index is 707. The van der Waals surface area contributed by atoms with Crippen molar-refractivity contribution in [3.63, 3.8) is 0 Å². The predicted molar refractivity (Wildman–Crippen MR) is 204 cm³/mol. The number of rotatable bonds is 34. The Morgan fingerprint density at radius 3 is 1.20 bits per heavy atom. The molecule has 4 nitrogen and oxygen atoms in total. The van der Waals surface area contributed by atoms with Gasteiger partial charge in [-0.25, -0.2) is 0 Å². The lowest BCUT2D eigenvalue weighted by Gasteiger charge is -2.28. The Morgan fingerprint density at radius 1 is 0.500 bits per heavy atom. The summed E-state index contributed by atoms with van der Waals surface area (Å²) in [5.74, 6) is 0.0709. The van der Waals surface area contributed by atoms with E-state index < -0.39 is 0 Å². The van der Waals surface area contributed by atoms with Crippen LogP contribution in [0.3, 0.4) is 0 Å². The zero-order chi connectivity index (χ0) is 33.8. The van der Waals surface area contributed by atoms with Crippen molar-refractivity contribution in [2.24, 2.45) is 0 Å². The van der Waals surface area contributed by atoms with Crippen LogP contribution in [0.1, 0.15) is 181 Å². The van der Waals surface area contributed by atoms with Crippen LogP contribution >= 0.6 is 0 Å². The van der Waals surface area contributed by atoms with Gasteiger partial charge in [-0.3, -0.25) is 9.63 Å². The number of unbranched alkanes of at least 4 members (excludes halogenated alkanes) is 18. The molecule has 0 aromatic rings. The molecular formula is C42H78N2O2. The number of likely N-dealkylation sites (N-methyl/N-ethyl adjacent to an activating group) is 1. The fraction of sp³-hybridized carbons (Fsp3) is 0.786. The highest BCUT2D eigenvalue weighted by Crippen LogP contribution is 2.14. The molecule has 4 heteroatoms. The number of hydroxylamine groups is 2. The third-order valence-electron chi connectivity index (χ3n) is 8.58. The third-order valence-corrected chi connectivity index (χ3v) is 8.58. The Morgan fingerprint density at radius 2 is 0.848 bits per heavy atom. The van der Waals surface area contributed by atoms with Gasteiger partial charge < -0.3 is 4.90 Å². The van der Waals surface area contributed by atoms with Crippen molar-refractivity contribution in [1.29, 1.82) is 0 Å². The van der Waals surface area contributed by atoms with Crippen LogP contribution in [-0.4, -0.2) is 49.2 Å².